The molecule has 0 bridgehead atoms. The van der Waals surface area contributed by atoms with Gasteiger partial charge in [-0.05, 0) is 0 Å². The van der Waals surface area contributed by atoms with Crippen LogP contribution in [0.3, 0.4) is 0 Å². The van der Waals surface area contributed by atoms with Gasteiger partial charge in [-0.1, -0.05) is 14.9 Å². The fraction of sp³-hybridized carbons (Fsp3) is 1.00. The summed E-state index contributed by atoms with van der Waals surface area (Å²) in [4.78, 5) is 16.2. The maximum atomic E-state index is 9.92. The second-order valence-corrected chi connectivity index (χ2v) is 6.84. The first kappa shape index (κ1) is 23.3. The third-order valence-electron chi connectivity index (χ3n) is 0.339. The Kier molecular flexibility index (Phi) is 16.0. The average molecular weight is 236 g/mol. The minimum absolute atomic E-state index is 0. The van der Waals surface area contributed by atoms with Crippen LogP contribution in [-0.2, 0) is 13.7 Å². The van der Waals surface area contributed by atoms with Crippen LogP contribution in [0.4, 0.5) is 0 Å². The predicted molar refractivity (Wildman–Crippen MR) is 57.9 cm³/mol. The van der Waals surface area contributed by atoms with E-state index in [4.69, 9.17) is 9.79 Å². The van der Waals surface area contributed by atoms with Crippen molar-refractivity contribution in [3.05, 3.63) is 0 Å². The van der Waals surface area contributed by atoms with E-state index in [0.717, 1.165) is 6.66 Å². The van der Waals surface area contributed by atoms with Crippen molar-refractivity contribution < 1.29 is 23.4 Å². The quantitative estimate of drug-likeness (QED) is 0.682. The monoisotopic (exact) mass is 236 g/mol. The van der Waals surface area contributed by atoms with Crippen LogP contribution < -0.4 is 0 Å². The second-order valence-electron chi connectivity index (χ2n) is 2.28. The lowest BCUT2D eigenvalue weighted by Crippen LogP contribution is -1.75. The summed E-state index contributed by atoms with van der Waals surface area (Å²) in [5, 5.41) is 0. The highest BCUT2D eigenvalue weighted by molar-refractivity contribution is 7.56. The van der Waals surface area contributed by atoms with Crippen molar-refractivity contribution in [3.8, 4) is 0 Å². The molecule has 0 fully saturated rings. The van der Waals surface area contributed by atoms with E-state index in [-0.39, 0.29) is 14.9 Å². The van der Waals surface area contributed by atoms with E-state index in [1.165, 1.54) is 20.4 Å². The maximum absolute atomic E-state index is 9.92. The molecule has 0 aliphatic heterocycles. The molecule has 0 aromatic carbocycles. The summed E-state index contributed by atoms with van der Waals surface area (Å²) < 4.78 is 23.7. The Bertz CT molecular complexity index is 171. The van der Waals surface area contributed by atoms with E-state index < -0.39 is 15.0 Å². The summed E-state index contributed by atoms with van der Waals surface area (Å²) >= 11 is 0. The zero-order chi connectivity index (χ0) is 9.71. The molecule has 0 aliphatic rings. The van der Waals surface area contributed by atoms with Gasteiger partial charge in [-0.15, -0.1) is 0 Å². The molecule has 0 heterocycles. The Morgan fingerprint density at radius 3 is 1.08 bits per heavy atom. The summed E-state index contributed by atoms with van der Waals surface area (Å²) in [5.41, 5.74) is 0. The molecule has 0 radical (unpaired) electrons. The smallest absolute Gasteiger partial charge is 0.324 e. The lowest BCUT2D eigenvalue weighted by molar-refractivity contribution is 0.322. The zero-order valence-electron chi connectivity index (χ0n) is 7.01. The molecule has 0 saturated heterocycles. The molecule has 86 valence electrons. The van der Waals surface area contributed by atoms with Crippen LogP contribution in [0.2, 0.25) is 0 Å². The molecule has 7 heteroatoms. The van der Waals surface area contributed by atoms with Gasteiger partial charge in [-0.2, -0.15) is 0 Å². The van der Waals surface area contributed by atoms with Gasteiger partial charge >= 0.3 is 7.60 Å². The van der Waals surface area contributed by atoms with Crippen LogP contribution in [0, 0.1) is 0 Å². The molecule has 1 unspecified atom stereocenters. The molecular weight excluding hydrogens is 214 g/mol. The van der Waals surface area contributed by atoms with E-state index in [1.807, 2.05) is 0 Å². The molecule has 1 atom stereocenters. The van der Waals surface area contributed by atoms with Gasteiger partial charge in [0.05, 0.1) is 0 Å². The molecule has 0 rings (SSSR count). The zero-order valence-corrected chi connectivity index (χ0v) is 8.80. The van der Waals surface area contributed by atoms with E-state index in [1.54, 1.807) is 0 Å². The fourth-order valence-electron chi connectivity index (χ4n) is 0. The van der Waals surface area contributed by atoms with Crippen LogP contribution in [-0.4, -0.2) is 36.9 Å². The fourth-order valence-corrected chi connectivity index (χ4v) is 0. The Morgan fingerprint density at radius 2 is 1.08 bits per heavy atom. The van der Waals surface area contributed by atoms with E-state index in [9.17, 15) is 9.13 Å². The molecule has 0 aliphatic carbocycles. The molecule has 0 amide bonds. The van der Waals surface area contributed by atoms with Crippen molar-refractivity contribution in [3.63, 3.8) is 0 Å². The standard InChI is InChI=1S/C2H7O3P.C2H7O2P.2CH4/c1-5-6(2,3)4;1-5(2,3)4;;/h1-2H3,(H,3,4);1-2H3,(H,3,4);2*1H4. The van der Waals surface area contributed by atoms with Gasteiger partial charge in [0.1, 0.15) is 0 Å². The molecule has 0 aromatic heterocycles. The topological polar surface area (TPSA) is 83.8 Å². The lowest BCUT2D eigenvalue weighted by Gasteiger charge is -1.96. The van der Waals surface area contributed by atoms with Crippen LogP contribution in [0.5, 0.6) is 0 Å². The van der Waals surface area contributed by atoms with Gasteiger partial charge in [0.25, 0.3) is 0 Å². The highest BCUT2D eigenvalue weighted by atomic mass is 31.2. The normalized spacial score (nSPS) is 13.7. The molecule has 13 heavy (non-hydrogen) atoms. The maximum Gasteiger partial charge on any atom is 0.324 e. The minimum Gasteiger partial charge on any atom is -0.345 e. The highest BCUT2D eigenvalue weighted by Crippen LogP contribution is 2.34. The van der Waals surface area contributed by atoms with E-state index in [0.29, 0.717) is 0 Å². The van der Waals surface area contributed by atoms with Crippen molar-refractivity contribution >= 4 is 15.0 Å². The van der Waals surface area contributed by atoms with Gasteiger partial charge in [-0.25, -0.2) is 0 Å². The van der Waals surface area contributed by atoms with Gasteiger partial charge in [0, 0.05) is 27.1 Å². The van der Waals surface area contributed by atoms with Gasteiger partial charge in [0.2, 0.25) is 0 Å². The molecule has 0 aromatic rings. The van der Waals surface area contributed by atoms with E-state index >= 15 is 0 Å². The van der Waals surface area contributed by atoms with Crippen molar-refractivity contribution in [1.82, 2.24) is 0 Å². The third-order valence-corrected chi connectivity index (χ3v) is 1.02. The molecular formula is C6H22O5P2. The summed E-state index contributed by atoms with van der Waals surface area (Å²) in [6, 6.07) is 0. The molecule has 0 saturated carbocycles. The Hall–Kier alpha value is 0.340. The minimum atomic E-state index is -3.15. The predicted octanol–water partition coefficient (Wildman–Crippen LogP) is 2.24. The Labute approximate surface area is 81.1 Å². The van der Waals surface area contributed by atoms with Gasteiger partial charge < -0.3 is 14.3 Å². The summed E-state index contributed by atoms with van der Waals surface area (Å²) in [7, 11) is -4.59. The largest absolute Gasteiger partial charge is 0.345 e. The van der Waals surface area contributed by atoms with Crippen LogP contribution in [0.1, 0.15) is 14.9 Å². The first-order valence-corrected chi connectivity index (χ1v) is 7.28. The summed E-state index contributed by atoms with van der Waals surface area (Å²) in [6.07, 6.45) is 0. The van der Waals surface area contributed by atoms with Gasteiger partial charge in [-0.3, -0.25) is 9.13 Å². The first-order valence-electron chi connectivity index (χ1n) is 2.70. The number of hydrogen-bond acceptors (Lipinski definition) is 3. The Balaban J connectivity index is -0.0000000546. The van der Waals surface area contributed by atoms with Crippen molar-refractivity contribution in [1.29, 1.82) is 0 Å². The second kappa shape index (κ2) is 8.92. The van der Waals surface area contributed by atoms with Crippen molar-refractivity contribution in [2.24, 2.45) is 0 Å². The summed E-state index contributed by atoms with van der Waals surface area (Å²) in [6.45, 7) is 3.73. The lowest BCUT2D eigenvalue weighted by atomic mass is 11.8. The molecule has 0 spiro atoms. The van der Waals surface area contributed by atoms with Crippen LogP contribution in [0.25, 0.3) is 0 Å². The van der Waals surface area contributed by atoms with Gasteiger partial charge in [0.15, 0.2) is 7.37 Å². The molecule has 5 nitrogen and oxygen atoms in total. The van der Waals surface area contributed by atoms with Crippen LogP contribution >= 0.6 is 15.0 Å². The molecule has 2 N–H and O–H groups in total. The summed E-state index contributed by atoms with van der Waals surface area (Å²) in [5.74, 6) is 0. The average Bonchev–Trinajstić information content (AvgIpc) is 1.59. The Morgan fingerprint density at radius 1 is 1.00 bits per heavy atom. The van der Waals surface area contributed by atoms with Crippen LogP contribution in [0.15, 0.2) is 0 Å². The van der Waals surface area contributed by atoms with Crippen molar-refractivity contribution in [2.75, 3.05) is 27.1 Å². The number of hydrogen-bond donors (Lipinski definition) is 2. The first-order chi connectivity index (χ1) is 4.56. The van der Waals surface area contributed by atoms with E-state index in [2.05, 4.69) is 4.52 Å². The highest BCUT2D eigenvalue weighted by Gasteiger charge is 2.02. The SMILES string of the molecule is C.C.COP(C)(=O)O.CP(C)(=O)O. The van der Waals surface area contributed by atoms with Crippen molar-refractivity contribution in [2.45, 2.75) is 14.9 Å². The number of rotatable bonds is 1. The third kappa shape index (κ3) is 118.